The Labute approximate surface area is 75.5 Å². The van der Waals surface area contributed by atoms with Gasteiger partial charge in [-0.2, -0.15) is 0 Å². The third-order valence-electron chi connectivity index (χ3n) is 1.91. The van der Waals surface area contributed by atoms with Gasteiger partial charge in [0.05, 0.1) is 13.7 Å². The average molecular weight is 188 g/mol. The summed E-state index contributed by atoms with van der Waals surface area (Å²) in [5.74, 6) is -0.950. The number of ether oxygens (including phenoxy) is 1. The SMILES string of the molecule is COC(=O)N1CCNC(C(=O)O)C1. The standard InChI is InChI=1S/C7H12N2O4/c1-13-7(12)9-3-2-8-5(4-9)6(10)11/h5,8H,2-4H2,1H3,(H,10,11). The smallest absolute Gasteiger partial charge is 0.409 e. The molecule has 6 nitrogen and oxygen atoms in total. The van der Waals surface area contributed by atoms with Crippen molar-refractivity contribution in [2.24, 2.45) is 0 Å². The Morgan fingerprint density at radius 2 is 2.31 bits per heavy atom. The molecule has 0 radical (unpaired) electrons. The lowest BCUT2D eigenvalue weighted by Crippen LogP contribution is -2.55. The minimum absolute atomic E-state index is 0.155. The number of piperazine rings is 1. The summed E-state index contributed by atoms with van der Waals surface area (Å²) in [4.78, 5) is 23.0. The van der Waals surface area contributed by atoms with Crippen molar-refractivity contribution in [2.75, 3.05) is 26.7 Å². The number of carbonyl (C=O) groups excluding carboxylic acids is 1. The van der Waals surface area contributed by atoms with Crippen LogP contribution in [0.5, 0.6) is 0 Å². The Bertz CT molecular complexity index is 219. The van der Waals surface area contributed by atoms with Crippen molar-refractivity contribution < 1.29 is 19.4 Å². The topological polar surface area (TPSA) is 78.9 Å². The van der Waals surface area contributed by atoms with Crippen LogP contribution < -0.4 is 5.32 Å². The maximum absolute atomic E-state index is 11.0. The van der Waals surface area contributed by atoms with Crippen molar-refractivity contribution in [2.45, 2.75) is 6.04 Å². The van der Waals surface area contributed by atoms with E-state index in [-0.39, 0.29) is 6.54 Å². The van der Waals surface area contributed by atoms with Crippen LogP contribution in [-0.2, 0) is 9.53 Å². The zero-order valence-electron chi connectivity index (χ0n) is 7.32. The lowest BCUT2D eigenvalue weighted by molar-refractivity contribution is -0.140. The Morgan fingerprint density at radius 1 is 1.62 bits per heavy atom. The fourth-order valence-corrected chi connectivity index (χ4v) is 1.21. The first-order valence-electron chi connectivity index (χ1n) is 3.94. The van der Waals surface area contributed by atoms with Crippen LogP contribution in [0.15, 0.2) is 0 Å². The van der Waals surface area contributed by atoms with E-state index in [2.05, 4.69) is 10.1 Å². The first-order valence-corrected chi connectivity index (χ1v) is 3.94. The molecule has 2 N–H and O–H groups in total. The molecule has 6 heteroatoms. The maximum atomic E-state index is 11.0. The van der Waals surface area contributed by atoms with Gasteiger partial charge in [-0.05, 0) is 0 Å². The summed E-state index contributed by atoms with van der Waals surface area (Å²) in [7, 11) is 1.28. The largest absolute Gasteiger partial charge is 0.480 e. The van der Waals surface area contributed by atoms with E-state index in [1.54, 1.807) is 0 Å². The summed E-state index contributed by atoms with van der Waals surface area (Å²) >= 11 is 0. The van der Waals surface area contributed by atoms with E-state index in [0.29, 0.717) is 13.1 Å². The summed E-state index contributed by atoms with van der Waals surface area (Å²) in [5, 5.41) is 11.4. The maximum Gasteiger partial charge on any atom is 0.409 e. The molecule has 0 aromatic carbocycles. The van der Waals surface area contributed by atoms with Gasteiger partial charge in [0.2, 0.25) is 0 Å². The molecule has 1 saturated heterocycles. The molecule has 74 valence electrons. The van der Waals surface area contributed by atoms with Gasteiger partial charge in [0, 0.05) is 13.1 Å². The fourth-order valence-electron chi connectivity index (χ4n) is 1.21. The Hall–Kier alpha value is -1.30. The molecule has 1 atom stereocenters. The number of amides is 1. The summed E-state index contributed by atoms with van der Waals surface area (Å²) < 4.78 is 4.48. The van der Waals surface area contributed by atoms with E-state index in [1.807, 2.05) is 0 Å². The van der Waals surface area contributed by atoms with Gasteiger partial charge in [0.1, 0.15) is 6.04 Å². The van der Waals surface area contributed by atoms with Gasteiger partial charge in [0.15, 0.2) is 0 Å². The van der Waals surface area contributed by atoms with Crippen LogP contribution in [0, 0.1) is 0 Å². The van der Waals surface area contributed by atoms with Crippen molar-refractivity contribution in [3.63, 3.8) is 0 Å². The number of rotatable bonds is 1. The highest BCUT2D eigenvalue weighted by atomic mass is 16.5. The van der Waals surface area contributed by atoms with Gasteiger partial charge in [-0.1, -0.05) is 0 Å². The van der Waals surface area contributed by atoms with E-state index >= 15 is 0 Å². The van der Waals surface area contributed by atoms with Crippen LogP contribution in [0.3, 0.4) is 0 Å². The molecule has 1 fully saturated rings. The normalized spacial score (nSPS) is 22.5. The van der Waals surface area contributed by atoms with E-state index in [1.165, 1.54) is 12.0 Å². The molecule has 1 amide bonds. The molecule has 13 heavy (non-hydrogen) atoms. The Kier molecular flexibility index (Phi) is 3.07. The monoisotopic (exact) mass is 188 g/mol. The molecule has 0 aromatic rings. The van der Waals surface area contributed by atoms with Crippen LogP contribution in [0.1, 0.15) is 0 Å². The molecule has 1 unspecified atom stereocenters. The molecule has 1 aliphatic heterocycles. The average Bonchev–Trinajstić information content (AvgIpc) is 2.17. The lowest BCUT2D eigenvalue weighted by Gasteiger charge is -2.30. The number of carboxylic acids is 1. The molecule has 1 aliphatic rings. The predicted molar refractivity (Wildman–Crippen MR) is 43.4 cm³/mol. The predicted octanol–water partition coefficient (Wildman–Crippen LogP) is -0.889. The molecular weight excluding hydrogens is 176 g/mol. The number of hydrogen-bond acceptors (Lipinski definition) is 4. The molecule has 1 rings (SSSR count). The molecule has 0 saturated carbocycles. The summed E-state index contributed by atoms with van der Waals surface area (Å²) in [6.45, 7) is 1.12. The van der Waals surface area contributed by atoms with Crippen molar-refractivity contribution in [1.29, 1.82) is 0 Å². The molecule has 0 spiro atoms. The minimum atomic E-state index is -0.950. The highest BCUT2D eigenvalue weighted by Crippen LogP contribution is 2.01. The second-order valence-corrected chi connectivity index (χ2v) is 2.76. The van der Waals surface area contributed by atoms with Crippen LogP contribution in [0.2, 0.25) is 0 Å². The summed E-state index contributed by atoms with van der Waals surface area (Å²) in [6.07, 6.45) is -0.479. The van der Waals surface area contributed by atoms with Crippen molar-refractivity contribution in [1.82, 2.24) is 10.2 Å². The van der Waals surface area contributed by atoms with E-state index in [9.17, 15) is 9.59 Å². The fraction of sp³-hybridized carbons (Fsp3) is 0.714. The van der Waals surface area contributed by atoms with Gasteiger partial charge in [-0.15, -0.1) is 0 Å². The van der Waals surface area contributed by atoms with Crippen LogP contribution in [0.4, 0.5) is 4.79 Å². The number of nitrogens with one attached hydrogen (secondary N) is 1. The third-order valence-corrected chi connectivity index (χ3v) is 1.91. The van der Waals surface area contributed by atoms with Gasteiger partial charge < -0.3 is 20.1 Å². The van der Waals surface area contributed by atoms with Crippen LogP contribution in [-0.4, -0.2) is 54.9 Å². The van der Waals surface area contributed by atoms with Crippen LogP contribution >= 0.6 is 0 Å². The second-order valence-electron chi connectivity index (χ2n) is 2.76. The summed E-state index contributed by atoms with van der Waals surface area (Å²) in [6, 6.07) is -0.687. The van der Waals surface area contributed by atoms with E-state index in [4.69, 9.17) is 5.11 Å². The van der Waals surface area contributed by atoms with E-state index in [0.717, 1.165) is 0 Å². The number of carbonyl (C=O) groups is 2. The molecule has 0 bridgehead atoms. The number of methoxy groups -OCH3 is 1. The van der Waals surface area contributed by atoms with E-state index < -0.39 is 18.1 Å². The number of carboxylic acid groups (broad SMARTS) is 1. The van der Waals surface area contributed by atoms with Gasteiger partial charge in [-0.3, -0.25) is 4.79 Å². The summed E-state index contributed by atoms with van der Waals surface area (Å²) in [5.41, 5.74) is 0. The number of aliphatic carboxylic acids is 1. The molecule has 1 heterocycles. The Morgan fingerprint density at radius 3 is 2.85 bits per heavy atom. The number of hydrogen-bond donors (Lipinski definition) is 2. The second kappa shape index (κ2) is 4.08. The lowest BCUT2D eigenvalue weighted by atomic mass is 10.2. The van der Waals surface area contributed by atoms with Crippen molar-refractivity contribution in [3.05, 3.63) is 0 Å². The first kappa shape index (κ1) is 9.79. The molecule has 0 aliphatic carbocycles. The minimum Gasteiger partial charge on any atom is -0.480 e. The third kappa shape index (κ3) is 2.32. The van der Waals surface area contributed by atoms with Crippen molar-refractivity contribution >= 4 is 12.1 Å². The van der Waals surface area contributed by atoms with Gasteiger partial charge in [-0.25, -0.2) is 4.79 Å². The van der Waals surface area contributed by atoms with Gasteiger partial charge >= 0.3 is 12.1 Å². The zero-order valence-corrected chi connectivity index (χ0v) is 7.32. The molecular formula is C7H12N2O4. The highest BCUT2D eigenvalue weighted by Gasteiger charge is 2.27. The van der Waals surface area contributed by atoms with Crippen LogP contribution in [0.25, 0.3) is 0 Å². The Balaban J connectivity index is 2.51. The van der Waals surface area contributed by atoms with Crippen molar-refractivity contribution in [3.8, 4) is 0 Å². The highest BCUT2D eigenvalue weighted by molar-refractivity contribution is 5.75. The van der Waals surface area contributed by atoms with Gasteiger partial charge in [0.25, 0.3) is 0 Å². The molecule has 0 aromatic heterocycles. The number of nitrogens with zero attached hydrogens (tertiary/aromatic N) is 1. The quantitative estimate of drug-likeness (QED) is 0.558. The first-order chi connectivity index (χ1) is 6.15. The zero-order chi connectivity index (χ0) is 9.84.